The summed E-state index contributed by atoms with van der Waals surface area (Å²) < 4.78 is 14.3. The maximum Gasteiger partial charge on any atom is 0.146 e. The van der Waals surface area contributed by atoms with Crippen LogP contribution < -0.4 is 0 Å². The largest absolute Gasteiger partial charge is 0.371 e. The van der Waals surface area contributed by atoms with Crippen LogP contribution >= 0.6 is 0 Å². The molecule has 5 nitrogen and oxygen atoms in total. The van der Waals surface area contributed by atoms with E-state index < -0.39 is 13.6 Å². The number of aliphatic hydroxyl groups excluding tert-OH is 2. The van der Waals surface area contributed by atoms with Gasteiger partial charge in [-0.3, -0.25) is 0 Å². The summed E-state index contributed by atoms with van der Waals surface area (Å²) in [5.41, 5.74) is 0. The Morgan fingerprint density at radius 3 is 1.57 bits per heavy atom. The van der Waals surface area contributed by atoms with Gasteiger partial charge in [0.05, 0.1) is 0 Å². The predicted molar refractivity (Wildman–Crippen MR) is 84.9 cm³/mol. The van der Waals surface area contributed by atoms with E-state index in [1.165, 1.54) is 57.8 Å². The van der Waals surface area contributed by atoms with Crippen molar-refractivity contribution in [3.05, 3.63) is 0 Å². The Kier molecular flexibility index (Phi) is 27.2. The molecule has 21 heavy (non-hydrogen) atoms. The standard InChI is InChI=1S/C14H30O2.C2H6O3/c1-3-5-6-7-8-9-10-11-12-13-16-14-15-4-2;3-1-5-2-4/h3-14H2,1-2H3;3-4H,1-2H2. The van der Waals surface area contributed by atoms with Gasteiger partial charge in [0, 0.05) is 13.2 Å². The van der Waals surface area contributed by atoms with Gasteiger partial charge < -0.3 is 24.4 Å². The lowest BCUT2D eigenvalue weighted by atomic mass is 10.1. The zero-order valence-corrected chi connectivity index (χ0v) is 14.0. The SMILES string of the molecule is CCCCCCCCCCCOCOCC.OCOCO. The van der Waals surface area contributed by atoms with E-state index in [4.69, 9.17) is 19.7 Å². The normalized spacial score (nSPS) is 10.3. The molecule has 0 spiro atoms. The molecule has 0 aliphatic carbocycles. The Labute approximate surface area is 130 Å². The summed E-state index contributed by atoms with van der Waals surface area (Å²) in [4.78, 5) is 0. The predicted octanol–water partition coefficient (Wildman–Crippen LogP) is 3.43. The summed E-state index contributed by atoms with van der Waals surface area (Å²) in [6.45, 7) is 5.51. The Hall–Kier alpha value is -0.200. The van der Waals surface area contributed by atoms with Gasteiger partial charge in [0.1, 0.15) is 20.4 Å². The van der Waals surface area contributed by atoms with Crippen molar-refractivity contribution in [2.75, 3.05) is 33.6 Å². The number of aliphatic hydroxyl groups is 2. The van der Waals surface area contributed by atoms with E-state index in [1.807, 2.05) is 6.92 Å². The minimum Gasteiger partial charge on any atom is -0.371 e. The molecule has 0 aliphatic heterocycles. The molecule has 0 rings (SSSR count). The third-order valence-corrected chi connectivity index (χ3v) is 2.95. The van der Waals surface area contributed by atoms with Crippen LogP contribution in [-0.4, -0.2) is 43.8 Å². The van der Waals surface area contributed by atoms with Gasteiger partial charge in [0.2, 0.25) is 0 Å². The van der Waals surface area contributed by atoms with Crippen molar-refractivity contribution in [2.45, 2.75) is 71.6 Å². The molecule has 5 heteroatoms. The third-order valence-electron chi connectivity index (χ3n) is 2.95. The molecule has 0 atom stereocenters. The molecule has 0 saturated heterocycles. The highest BCUT2D eigenvalue weighted by molar-refractivity contribution is 4.46. The molecule has 0 bridgehead atoms. The van der Waals surface area contributed by atoms with Crippen LogP contribution in [0.2, 0.25) is 0 Å². The molecule has 2 N–H and O–H groups in total. The molecule has 0 aromatic carbocycles. The van der Waals surface area contributed by atoms with Gasteiger partial charge in [0.15, 0.2) is 0 Å². The third kappa shape index (κ3) is 28.6. The van der Waals surface area contributed by atoms with E-state index in [-0.39, 0.29) is 0 Å². The second-order valence-electron chi connectivity index (χ2n) is 4.81. The van der Waals surface area contributed by atoms with E-state index in [0.717, 1.165) is 13.2 Å². The molecule has 0 amide bonds. The molecular weight excluding hydrogens is 272 g/mol. The van der Waals surface area contributed by atoms with Crippen LogP contribution in [0.4, 0.5) is 0 Å². The summed E-state index contributed by atoms with van der Waals surface area (Å²) in [5, 5.41) is 15.4. The first kappa shape index (κ1) is 23.1. The van der Waals surface area contributed by atoms with Crippen LogP contribution in [0.5, 0.6) is 0 Å². The zero-order valence-electron chi connectivity index (χ0n) is 14.0. The zero-order chi connectivity index (χ0) is 16.0. The molecule has 0 aromatic rings. The van der Waals surface area contributed by atoms with Crippen molar-refractivity contribution in [3.63, 3.8) is 0 Å². The van der Waals surface area contributed by atoms with Crippen molar-refractivity contribution in [1.82, 2.24) is 0 Å². The van der Waals surface area contributed by atoms with Gasteiger partial charge >= 0.3 is 0 Å². The summed E-state index contributed by atoms with van der Waals surface area (Å²) >= 11 is 0. The van der Waals surface area contributed by atoms with E-state index in [1.54, 1.807) is 0 Å². The van der Waals surface area contributed by atoms with Crippen LogP contribution in [0.25, 0.3) is 0 Å². The molecule has 0 unspecified atom stereocenters. The highest BCUT2D eigenvalue weighted by Crippen LogP contribution is 2.09. The fourth-order valence-electron chi connectivity index (χ4n) is 1.76. The fourth-order valence-corrected chi connectivity index (χ4v) is 1.76. The lowest BCUT2D eigenvalue weighted by molar-refractivity contribution is -0.0763. The molecule has 0 fully saturated rings. The Morgan fingerprint density at radius 1 is 0.619 bits per heavy atom. The monoisotopic (exact) mass is 308 g/mol. The number of rotatable bonds is 15. The molecule has 0 saturated carbocycles. The lowest BCUT2D eigenvalue weighted by Crippen LogP contribution is -2.00. The van der Waals surface area contributed by atoms with Crippen molar-refractivity contribution in [1.29, 1.82) is 0 Å². The molecule has 0 radical (unpaired) electrons. The lowest BCUT2D eigenvalue weighted by Gasteiger charge is -2.04. The molecule has 130 valence electrons. The summed E-state index contributed by atoms with van der Waals surface area (Å²) in [6.07, 6.45) is 12.3. The molecule has 0 aliphatic rings. The quantitative estimate of drug-likeness (QED) is 0.358. The first-order chi connectivity index (χ1) is 10.3. The Bertz CT molecular complexity index is 140. The fraction of sp³-hybridized carbons (Fsp3) is 1.00. The van der Waals surface area contributed by atoms with Crippen LogP contribution in [0.3, 0.4) is 0 Å². The second-order valence-corrected chi connectivity index (χ2v) is 4.81. The molecule has 0 aromatic heterocycles. The van der Waals surface area contributed by atoms with E-state index >= 15 is 0 Å². The van der Waals surface area contributed by atoms with E-state index in [0.29, 0.717) is 6.79 Å². The summed E-state index contributed by atoms with van der Waals surface area (Å²) in [6, 6.07) is 0. The average Bonchev–Trinajstić information content (AvgIpc) is 2.50. The first-order valence-electron chi connectivity index (χ1n) is 8.28. The van der Waals surface area contributed by atoms with Crippen molar-refractivity contribution in [3.8, 4) is 0 Å². The van der Waals surface area contributed by atoms with Crippen molar-refractivity contribution < 1.29 is 24.4 Å². The second kappa shape index (κ2) is 24.8. The number of hydrogen-bond acceptors (Lipinski definition) is 5. The van der Waals surface area contributed by atoms with Crippen LogP contribution in [0, 0.1) is 0 Å². The highest BCUT2D eigenvalue weighted by atomic mass is 16.7. The van der Waals surface area contributed by atoms with Crippen LogP contribution in [-0.2, 0) is 14.2 Å². The van der Waals surface area contributed by atoms with Crippen LogP contribution in [0.15, 0.2) is 0 Å². The van der Waals surface area contributed by atoms with Gasteiger partial charge in [-0.2, -0.15) is 0 Å². The first-order valence-corrected chi connectivity index (χ1v) is 8.28. The number of hydrogen-bond donors (Lipinski definition) is 2. The molecular formula is C16H36O5. The van der Waals surface area contributed by atoms with Gasteiger partial charge in [0.25, 0.3) is 0 Å². The smallest absolute Gasteiger partial charge is 0.146 e. The minimum atomic E-state index is -0.406. The summed E-state index contributed by atoms with van der Waals surface area (Å²) in [5.74, 6) is 0. The maximum atomic E-state index is 7.68. The van der Waals surface area contributed by atoms with Crippen LogP contribution in [0.1, 0.15) is 71.6 Å². The maximum absolute atomic E-state index is 7.68. The van der Waals surface area contributed by atoms with E-state index in [2.05, 4.69) is 11.7 Å². The highest BCUT2D eigenvalue weighted by Gasteiger charge is 1.92. The summed E-state index contributed by atoms with van der Waals surface area (Å²) in [7, 11) is 0. The van der Waals surface area contributed by atoms with Gasteiger partial charge in [-0.25, -0.2) is 0 Å². The Balaban J connectivity index is 0. The van der Waals surface area contributed by atoms with Crippen molar-refractivity contribution in [2.24, 2.45) is 0 Å². The van der Waals surface area contributed by atoms with Gasteiger partial charge in [-0.05, 0) is 13.3 Å². The van der Waals surface area contributed by atoms with Gasteiger partial charge in [-0.15, -0.1) is 0 Å². The minimum absolute atomic E-state index is 0.406. The average molecular weight is 308 g/mol. The number of unbranched alkanes of at least 4 members (excludes halogenated alkanes) is 8. The Morgan fingerprint density at radius 2 is 1.14 bits per heavy atom. The van der Waals surface area contributed by atoms with Crippen molar-refractivity contribution >= 4 is 0 Å². The molecule has 0 heterocycles. The topological polar surface area (TPSA) is 68.2 Å². The van der Waals surface area contributed by atoms with Gasteiger partial charge in [-0.1, -0.05) is 58.3 Å². The number of ether oxygens (including phenoxy) is 3. The van der Waals surface area contributed by atoms with E-state index in [9.17, 15) is 0 Å².